The lowest BCUT2D eigenvalue weighted by molar-refractivity contribution is -0.122. The van der Waals surface area contributed by atoms with Crippen molar-refractivity contribution in [3.63, 3.8) is 0 Å². The van der Waals surface area contributed by atoms with Gasteiger partial charge in [0.05, 0.1) is 6.16 Å². The summed E-state index contributed by atoms with van der Waals surface area (Å²) in [6, 6.07) is 17.4. The molecule has 0 amide bonds. The van der Waals surface area contributed by atoms with Gasteiger partial charge in [0, 0.05) is 16.9 Å². The number of Topliss-reactive ketones (excluding diaryl/α,β-unsaturated/α-hetero) is 2. The van der Waals surface area contributed by atoms with E-state index in [1.54, 1.807) is 32.9 Å². The second-order valence-corrected chi connectivity index (χ2v) is 7.04. The highest BCUT2D eigenvalue weighted by Gasteiger charge is 2.38. The van der Waals surface area contributed by atoms with E-state index in [0.717, 1.165) is 11.1 Å². The minimum absolute atomic E-state index is 0.0508. The van der Waals surface area contributed by atoms with E-state index >= 15 is 0 Å². The Kier molecular flexibility index (Phi) is 5.80. The van der Waals surface area contributed by atoms with Gasteiger partial charge < -0.3 is 0 Å². The van der Waals surface area contributed by atoms with Gasteiger partial charge in [-0.25, -0.2) is 0 Å². The zero-order valence-corrected chi connectivity index (χ0v) is 15.0. The Hall–Kier alpha value is -2.12. The van der Waals surface area contributed by atoms with Gasteiger partial charge in [-0.15, -0.1) is 0 Å². The van der Waals surface area contributed by atoms with Crippen molar-refractivity contribution in [2.75, 3.05) is 6.16 Å². The van der Waals surface area contributed by atoms with Gasteiger partial charge in [0.2, 0.25) is 0 Å². The molecule has 0 N–H and O–H groups in total. The summed E-state index contributed by atoms with van der Waals surface area (Å²) in [4.78, 5) is 24.8. The molecule has 2 aromatic carbocycles. The zero-order chi connectivity index (χ0) is 17.7. The van der Waals surface area contributed by atoms with Crippen LogP contribution in [0.2, 0.25) is 0 Å². The van der Waals surface area contributed by atoms with Crippen LogP contribution >= 0.6 is 8.46 Å². The number of carbonyl (C=O) groups is 2. The van der Waals surface area contributed by atoms with Gasteiger partial charge in [-0.05, 0) is 11.1 Å². The Labute approximate surface area is 144 Å². The van der Waals surface area contributed by atoms with Gasteiger partial charge >= 0.3 is 0 Å². The quantitative estimate of drug-likeness (QED) is 0.523. The minimum atomic E-state index is -0.837. The van der Waals surface area contributed by atoms with Crippen LogP contribution < -0.4 is 0 Å². The van der Waals surface area contributed by atoms with E-state index < -0.39 is 11.3 Å². The van der Waals surface area contributed by atoms with E-state index in [0.29, 0.717) is 5.56 Å². The third kappa shape index (κ3) is 3.85. The Morgan fingerprint density at radius 3 is 2.04 bits per heavy atom. The van der Waals surface area contributed by atoms with Crippen LogP contribution in [0.5, 0.6) is 0 Å². The van der Waals surface area contributed by atoms with Crippen molar-refractivity contribution < 1.29 is 14.2 Å². The molecule has 2 rings (SSSR count). The van der Waals surface area contributed by atoms with Crippen LogP contribution in [0.4, 0.5) is 0 Å². The summed E-state index contributed by atoms with van der Waals surface area (Å²) in [6.45, 7) is 5.26. The summed E-state index contributed by atoms with van der Waals surface area (Å²) >= 11 is 0. The zero-order valence-electron chi connectivity index (χ0n) is 14.2. The molecular formula is C20H21O3P. The van der Waals surface area contributed by atoms with E-state index in [1.165, 1.54) is 0 Å². The highest BCUT2D eigenvalue weighted by Crippen LogP contribution is 2.33. The van der Waals surface area contributed by atoms with Crippen LogP contribution in [0.3, 0.4) is 0 Å². The number of benzene rings is 2. The van der Waals surface area contributed by atoms with Gasteiger partial charge in [0.1, 0.15) is 5.78 Å². The maximum Gasteiger partial charge on any atom is 0.169 e. The van der Waals surface area contributed by atoms with Crippen LogP contribution in [0, 0.1) is 11.3 Å². The van der Waals surface area contributed by atoms with Crippen LogP contribution in [-0.4, -0.2) is 17.7 Å². The number of carbonyl (C=O) groups excluding carboxylic acids is 2. The summed E-state index contributed by atoms with van der Waals surface area (Å²) in [7, 11) is -0.204. The van der Waals surface area contributed by atoms with Gasteiger partial charge in [-0.3, -0.25) is 14.2 Å². The van der Waals surface area contributed by atoms with Crippen molar-refractivity contribution in [1.82, 2.24) is 0 Å². The second kappa shape index (κ2) is 7.63. The molecule has 1 unspecified atom stereocenters. The Morgan fingerprint density at radius 2 is 1.50 bits per heavy atom. The molecule has 2 aromatic rings. The normalized spacial score (nSPS) is 12.8. The highest BCUT2D eigenvalue weighted by molar-refractivity contribution is 7.25. The summed E-state index contributed by atoms with van der Waals surface area (Å²) < 4.78 is 10.7. The molecule has 24 heavy (non-hydrogen) atoms. The van der Waals surface area contributed by atoms with Gasteiger partial charge in [-0.1, -0.05) is 75.4 Å². The predicted octanol–water partition coefficient (Wildman–Crippen LogP) is 5.06. The molecule has 0 aliphatic rings. The van der Waals surface area contributed by atoms with Gasteiger partial charge in [0.15, 0.2) is 14.2 Å². The van der Waals surface area contributed by atoms with Gasteiger partial charge in [-0.2, -0.15) is 0 Å². The molecule has 124 valence electrons. The lowest BCUT2D eigenvalue weighted by Crippen LogP contribution is -2.36. The van der Waals surface area contributed by atoms with Crippen molar-refractivity contribution in [3.8, 4) is 11.1 Å². The Balaban J connectivity index is 2.23. The molecule has 0 saturated heterocycles. The molecule has 4 heteroatoms. The Morgan fingerprint density at radius 1 is 0.958 bits per heavy atom. The molecular weight excluding hydrogens is 319 g/mol. The third-order valence-electron chi connectivity index (χ3n) is 4.63. The summed E-state index contributed by atoms with van der Waals surface area (Å²) in [5.41, 5.74) is 1.88. The lowest BCUT2D eigenvalue weighted by Gasteiger charge is -2.29. The van der Waals surface area contributed by atoms with Crippen molar-refractivity contribution in [2.24, 2.45) is 11.3 Å². The number of rotatable bonds is 7. The molecule has 0 aliphatic heterocycles. The fraction of sp³-hybridized carbons (Fsp3) is 0.300. The van der Waals surface area contributed by atoms with Crippen LogP contribution in [0.25, 0.3) is 11.1 Å². The number of hydrogen-bond acceptors (Lipinski definition) is 3. The minimum Gasteiger partial charge on any atom is -0.299 e. The summed E-state index contributed by atoms with van der Waals surface area (Å²) in [6.07, 6.45) is -0.0508. The molecule has 0 saturated carbocycles. The monoisotopic (exact) mass is 340 g/mol. The maximum atomic E-state index is 12.8. The van der Waals surface area contributed by atoms with Crippen molar-refractivity contribution in [2.45, 2.75) is 20.8 Å². The van der Waals surface area contributed by atoms with E-state index in [1.807, 2.05) is 42.5 Å². The van der Waals surface area contributed by atoms with Crippen molar-refractivity contribution >= 4 is 20.0 Å². The molecule has 3 nitrogen and oxygen atoms in total. The smallest absolute Gasteiger partial charge is 0.169 e. The van der Waals surface area contributed by atoms with Crippen molar-refractivity contribution in [1.29, 1.82) is 0 Å². The first-order chi connectivity index (χ1) is 11.4. The van der Waals surface area contributed by atoms with Crippen molar-refractivity contribution in [3.05, 3.63) is 60.2 Å². The van der Waals surface area contributed by atoms with Crippen LogP contribution in [-0.2, 0) is 9.36 Å². The molecule has 0 aliphatic carbocycles. The van der Waals surface area contributed by atoms with E-state index in [9.17, 15) is 14.2 Å². The summed E-state index contributed by atoms with van der Waals surface area (Å²) in [5.74, 6) is -0.725. The van der Waals surface area contributed by atoms with E-state index in [-0.39, 0.29) is 26.2 Å². The molecule has 0 radical (unpaired) electrons. The van der Waals surface area contributed by atoms with Crippen LogP contribution in [0.15, 0.2) is 54.6 Å². The van der Waals surface area contributed by atoms with E-state index in [4.69, 9.17) is 0 Å². The Bertz CT molecular complexity index is 733. The molecule has 0 spiro atoms. The first kappa shape index (κ1) is 18.2. The highest BCUT2D eigenvalue weighted by atomic mass is 31.1. The summed E-state index contributed by atoms with van der Waals surface area (Å²) in [5, 5.41) is 0. The largest absolute Gasteiger partial charge is 0.299 e. The topological polar surface area (TPSA) is 51.2 Å². The van der Waals surface area contributed by atoms with Gasteiger partial charge in [0.25, 0.3) is 0 Å². The standard InChI is InChI=1S/C20H21O3P/c1-14(18(21)13-24-23)20(2,3)19(22)17-11-9-16(10-12-17)15-7-5-4-6-8-15/h4-12,14H,13H2,1-3H3. The average Bonchev–Trinajstić information content (AvgIpc) is 2.61. The first-order valence-electron chi connectivity index (χ1n) is 7.90. The number of ketones is 2. The molecule has 1 atom stereocenters. The van der Waals surface area contributed by atoms with E-state index in [2.05, 4.69) is 0 Å². The average molecular weight is 340 g/mol. The SMILES string of the molecule is CC(C(=O)CP=O)C(C)(C)C(=O)c1ccc(-c2ccccc2)cc1. The fourth-order valence-electron chi connectivity index (χ4n) is 2.62. The maximum absolute atomic E-state index is 12.8. The predicted molar refractivity (Wildman–Crippen MR) is 96.6 cm³/mol. The molecule has 0 aromatic heterocycles. The number of hydrogen-bond donors (Lipinski definition) is 0. The first-order valence-corrected chi connectivity index (χ1v) is 8.89. The van der Waals surface area contributed by atoms with Crippen LogP contribution in [0.1, 0.15) is 31.1 Å². The molecule has 0 bridgehead atoms. The second-order valence-electron chi connectivity index (χ2n) is 6.47. The molecule has 0 fully saturated rings. The fourth-order valence-corrected chi connectivity index (χ4v) is 3.02. The lowest BCUT2D eigenvalue weighted by atomic mass is 9.72. The molecule has 0 heterocycles. The third-order valence-corrected chi connectivity index (χ3v) is 5.07.